The van der Waals surface area contributed by atoms with E-state index in [0.717, 1.165) is 17.0 Å². The van der Waals surface area contributed by atoms with Crippen molar-refractivity contribution >= 4 is 22.4 Å². The van der Waals surface area contributed by atoms with Crippen LogP contribution in [0, 0.1) is 6.92 Å². The lowest BCUT2D eigenvalue weighted by Gasteiger charge is -2.06. The molecule has 20 heavy (non-hydrogen) atoms. The summed E-state index contributed by atoms with van der Waals surface area (Å²) in [5.74, 6) is 0. The van der Waals surface area contributed by atoms with Crippen molar-refractivity contribution in [1.82, 2.24) is 9.55 Å². The Morgan fingerprint density at radius 1 is 1.20 bits per heavy atom. The van der Waals surface area contributed by atoms with Crippen LogP contribution in [-0.2, 0) is 6.18 Å². The summed E-state index contributed by atoms with van der Waals surface area (Å²) >= 11 is 1.40. The molecule has 0 fully saturated rings. The number of nitrogens with zero attached hydrogens (tertiary/aromatic N) is 1. The zero-order chi connectivity index (χ0) is 14.5. The fourth-order valence-corrected chi connectivity index (χ4v) is 2.92. The quantitative estimate of drug-likeness (QED) is 0.730. The van der Waals surface area contributed by atoms with Gasteiger partial charge in [-0.05, 0) is 37.3 Å². The lowest BCUT2D eigenvalue weighted by Crippen LogP contribution is -2.13. The van der Waals surface area contributed by atoms with Crippen molar-refractivity contribution in [2.24, 2.45) is 0 Å². The lowest BCUT2D eigenvalue weighted by atomic mass is 10.2. The first kappa shape index (κ1) is 13.0. The van der Waals surface area contributed by atoms with Gasteiger partial charge in [-0.15, -0.1) is 11.3 Å². The third-order valence-electron chi connectivity index (χ3n) is 2.96. The minimum absolute atomic E-state index is 0.177. The van der Waals surface area contributed by atoms with Crippen LogP contribution in [0.25, 0.3) is 16.0 Å². The molecular weight excluding hydrogens is 289 g/mol. The van der Waals surface area contributed by atoms with Crippen molar-refractivity contribution in [3.05, 3.63) is 51.3 Å². The molecule has 3 rings (SSSR count). The number of thiophene rings is 1. The predicted octanol–water partition coefficient (Wildman–Crippen LogP) is 3.71. The predicted molar refractivity (Wildman–Crippen MR) is 71.5 cm³/mol. The van der Waals surface area contributed by atoms with Gasteiger partial charge in [-0.25, -0.2) is 4.79 Å². The molecule has 0 amide bonds. The Balaban J connectivity index is 2.25. The van der Waals surface area contributed by atoms with Crippen LogP contribution in [0.5, 0.6) is 0 Å². The maximum atomic E-state index is 12.7. The summed E-state index contributed by atoms with van der Waals surface area (Å²) in [6, 6.07) is 6.87. The van der Waals surface area contributed by atoms with E-state index in [1.807, 2.05) is 13.0 Å². The fraction of sp³-hybridized carbons (Fsp3) is 0.154. The molecule has 2 heterocycles. The Kier molecular flexibility index (Phi) is 2.75. The number of aromatic nitrogens is 2. The second-order valence-electron chi connectivity index (χ2n) is 4.38. The standard InChI is InChI=1S/C13H9F3N2OS/c1-7-2-5-11(20-7)18-10-4-3-8(13(14,15)16)6-9(10)17-12(18)19/h2-6H,1H3,(H,17,19). The van der Waals surface area contributed by atoms with Gasteiger partial charge in [0.2, 0.25) is 0 Å². The molecule has 1 N–H and O–H groups in total. The summed E-state index contributed by atoms with van der Waals surface area (Å²) < 4.78 is 39.3. The molecule has 0 aliphatic heterocycles. The first-order valence-corrected chi connectivity index (χ1v) is 6.57. The minimum Gasteiger partial charge on any atom is -0.305 e. The van der Waals surface area contributed by atoms with Crippen LogP contribution in [0.3, 0.4) is 0 Å². The number of halogens is 3. The highest BCUT2D eigenvalue weighted by atomic mass is 32.1. The molecule has 3 aromatic rings. The van der Waals surface area contributed by atoms with Crippen molar-refractivity contribution in [3.63, 3.8) is 0 Å². The zero-order valence-electron chi connectivity index (χ0n) is 10.3. The van der Waals surface area contributed by atoms with Gasteiger partial charge in [0.15, 0.2) is 0 Å². The highest BCUT2D eigenvalue weighted by Crippen LogP contribution is 2.31. The first-order valence-electron chi connectivity index (χ1n) is 5.75. The second-order valence-corrected chi connectivity index (χ2v) is 5.65. The Morgan fingerprint density at radius 2 is 1.95 bits per heavy atom. The number of alkyl halides is 3. The number of aromatic amines is 1. The van der Waals surface area contributed by atoms with Crippen LogP contribution in [-0.4, -0.2) is 9.55 Å². The van der Waals surface area contributed by atoms with Crippen LogP contribution < -0.4 is 5.69 Å². The van der Waals surface area contributed by atoms with E-state index in [9.17, 15) is 18.0 Å². The van der Waals surface area contributed by atoms with Gasteiger partial charge in [0.05, 0.1) is 16.6 Å². The van der Waals surface area contributed by atoms with Gasteiger partial charge in [-0.2, -0.15) is 13.2 Å². The zero-order valence-corrected chi connectivity index (χ0v) is 11.1. The fourth-order valence-electron chi connectivity index (χ4n) is 2.05. The van der Waals surface area contributed by atoms with Crippen molar-refractivity contribution in [2.75, 3.05) is 0 Å². The number of benzene rings is 1. The Morgan fingerprint density at radius 3 is 2.55 bits per heavy atom. The summed E-state index contributed by atoms with van der Waals surface area (Å²) in [5.41, 5.74) is -0.609. The van der Waals surface area contributed by atoms with Crippen molar-refractivity contribution < 1.29 is 13.2 Å². The SMILES string of the molecule is Cc1ccc(-n2c(=O)[nH]c3cc(C(F)(F)F)ccc32)s1. The van der Waals surface area contributed by atoms with Crippen molar-refractivity contribution in [2.45, 2.75) is 13.1 Å². The normalized spacial score (nSPS) is 12.2. The van der Waals surface area contributed by atoms with Gasteiger partial charge < -0.3 is 4.98 Å². The maximum Gasteiger partial charge on any atom is 0.416 e. The summed E-state index contributed by atoms with van der Waals surface area (Å²) in [6.07, 6.45) is -4.42. The summed E-state index contributed by atoms with van der Waals surface area (Å²) in [5, 5.41) is 0.679. The average molecular weight is 298 g/mol. The molecule has 3 nitrogen and oxygen atoms in total. The summed E-state index contributed by atoms with van der Waals surface area (Å²) in [4.78, 5) is 15.4. The molecule has 104 valence electrons. The van der Waals surface area contributed by atoms with Crippen LogP contribution >= 0.6 is 11.3 Å². The molecular formula is C13H9F3N2OS. The van der Waals surface area contributed by atoms with Crippen LogP contribution in [0.15, 0.2) is 35.1 Å². The molecule has 0 saturated carbocycles. The van der Waals surface area contributed by atoms with Crippen molar-refractivity contribution in [3.8, 4) is 5.00 Å². The monoisotopic (exact) mass is 298 g/mol. The molecule has 0 radical (unpaired) electrons. The van der Waals surface area contributed by atoms with Gasteiger partial charge in [-0.1, -0.05) is 0 Å². The number of H-pyrrole nitrogens is 1. The minimum atomic E-state index is -4.42. The lowest BCUT2D eigenvalue weighted by molar-refractivity contribution is -0.137. The topological polar surface area (TPSA) is 37.8 Å². The Bertz CT molecular complexity index is 841. The van der Waals surface area contributed by atoms with Gasteiger partial charge >= 0.3 is 11.9 Å². The average Bonchev–Trinajstić information content (AvgIpc) is 2.89. The van der Waals surface area contributed by atoms with Gasteiger partial charge in [0, 0.05) is 4.88 Å². The third-order valence-corrected chi connectivity index (χ3v) is 3.94. The Labute approximate surface area is 115 Å². The van der Waals surface area contributed by atoms with E-state index in [1.165, 1.54) is 22.0 Å². The molecule has 0 bridgehead atoms. The molecule has 0 aliphatic carbocycles. The number of hydrogen-bond acceptors (Lipinski definition) is 2. The van der Waals surface area contributed by atoms with Gasteiger partial charge in [-0.3, -0.25) is 4.57 Å². The van der Waals surface area contributed by atoms with E-state index >= 15 is 0 Å². The maximum absolute atomic E-state index is 12.7. The molecule has 2 aromatic heterocycles. The van der Waals surface area contributed by atoms with E-state index in [4.69, 9.17) is 0 Å². The summed E-state index contributed by atoms with van der Waals surface area (Å²) in [7, 11) is 0. The van der Waals surface area contributed by atoms with E-state index in [-0.39, 0.29) is 5.52 Å². The van der Waals surface area contributed by atoms with Crippen LogP contribution in [0.4, 0.5) is 13.2 Å². The molecule has 1 aromatic carbocycles. The molecule has 7 heteroatoms. The molecule has 0 saturated heterocycles. The van der Waals surface area contributed by atoms with E-state index in [2.05, 4.69) is 4.98 Å². The summed E-state index contributed by atoms with van der Waals surface area (Å²) in [6.45, 7) is 1.90. The number of fused-ring (bicyclic) bond motifs is 1. The number of nitrogens with one attached hydrogen (secondary N) is 1. The smallest absolute Gasteiger partial charge is 0.305 e. The number of imidazole rings is 1. The first-order chi connectivity index (χ1) is 9.36. The van der Waals surface area contributed by atoms with E-state index in [1.54, 1.807) is 6.07 Å². The van der Waals surface area contributed by atoms with Gasteiger partial charge in [0.1, 0.15) is 5.00 Å². The molecule has 0 aliphatic rings. The molecule has 0 spiro atoms. The largest absolute Gasteiger partial charge is 0.416 e. The van der Waals surface area contributed by atoms with Crippen LogP contribution in [0.2, 0.25) is 0 Å². The number of aryl methyl sites for hydroxylation is 1. The van der Waals surface area contributed by atoms with Crippen molar-refractivity contribution in [1.29, 1.82) is 0 Å². The molecule has 0 atom stereocenters. The second kappa shape index (κ2) is 4.24. The van der Waals surface area contributed by atoms with E-state index < -0.39 is 17.4 Å². The van der Waals surface area contributed by atoms with E-state index in [0.29, 0.717) is 10.5 Å². The number of rotatable bonds is 1. The molecule has 0 unspecified atom stereocenters. The highest BCUT2D eigenvalue weighted by molar-refractivity contribution is 7.14. The van der Waals surface area contributed by atoms with Crippen LogP contribution in [0.1, 0.15) is 10.4 Å². The van der Waals surface area contributed by atoms with Gasteiger partial charge in [0.25, 0.3) is 0 Å². The highest BCUT2D eigenvalue weighted by Gasteiger charge is 2.31. The number of hydrogen-bond donors (Lipinski definition) is 1. The Hall–Kier alpha value is -2.02. The third kappa shape index (κ3) is 2.03.